The third-order valence-corrected chi connectivity index (χ3v) is 5.02. The Morgan fingerprint density at radius 1 is 1.31 bits per heavy atom. The number of halogens is 1. The molecule has 3 N–H and O–H groups in total. The molecule has 0 unspecified atom stereocenters. The Kier molecular flexibility index (Phi) is 3.62. The maximum absolute atomic E-state index is 11.1. The minimum atomic E-state index is -0.894. The first-order chi connectivity index (χ1) is 12.3. The van der Waals surface area contributed by atoms with E-state index in [1.807, 2.05) is 19.9 Å². The van der Waals surface area contributed by atoms with Crippen molar-refractivity contribution < 1.29 is 9.84 Å². The van der Waals surface area contributed by atoms with Gasteiger partial charge in [0, 0.05) is 16.0 Å². The molecule has 0 amide bonds. The van der Waals surface area contributed by atoms with Crippen molar-refractivity contribution in [1.29, 1.82) is 0 Å². The number of hydrogen-bond acceptors (Lipinski definition) is 4. The Balaban J connectivity index is 2.00. The zero-order valence-electron chi connectivity index (χ0n) is 14.3. The Labute approximate surface area is 155 Å². The monoisotopic (exact) mass is 368 g/mol. The first kappa shape index (κ1) is 16.7. The third-order valence-electron chi connectivity index (χ3n) is 4.79. The molecule has 132 valence electrons. The predicted molar refractivity (Wildman–Crippen MR) is 101 cm³/mol. The van der Waals surface area contributed by atoms with Crippen molar-refractivity contribution in [3.8, 4) is 5.75 Å². The van der Waals surface area contributed by atoms with Gasteiger partial charge in [-0.1, -0.05) is 17.7 Å². The Morgan fingerprint density at radius 2 is 2.08 bits per heavy atom. The number of rotatable bonds is 1. The standard InChI is InChI=1S/C19H17ClN4O2/c1-19(2)17(25)16(13-9-11(22-3)5-7-15(13)26-19)24-14-6-4-10(20)8-12(14)18(21)23-24/h4-9,16-17,25H,1-2H3,(H2,21,23)/t16-,17+/m1/s1. The summed E-state index contributed by atoms with van der Waals surface area (Å²) in [6.07, 6.45) is -0.894. The van der Waals surface area contributed by atoms with E-state index < -0.39 is 17.7 Å². The van der Waals surface area contributed by atoms with Gasteiger partial charge in [-0.3, -0.25) is 4.68 Å². The maximum atomic E-state index is 11.1. The minimum Gasteiger partial charge on any atom is -0.485 e. The topological polar surface area (TPSA) is 77.7 Å². The molecule has 4 rings (SSSR count). The van der Waals surface area contributed by atoms with E-state index in [2.05, 4.69) is 9.94 Å². The van der Waals surface area contributed by atoms with Crippen molar-refractivity contribution in [3.05, 3.63) is 58.4 Å². The van der Waals surface area contributed by atoms with Gasteiger partial charge < -0.3 is 15.6 Å². The van der Waals surface area contributed by atoms with E-state index in [9.17, 15) is 5.11 Å². The molecule has 0 aliphatic carbocycles. The molecule has 0 saturated carbocycles. The predicted octanol–water partition coefficient (Wildman–Crippen LogP) is 3.94. The van der Waals surface area contributed by atoms with E-state index >= 15 is 0 Å². The molecule has 1 aromatic heterocycles. The number of anilines is 1. The van der Waals surface area contributed by atoms with Gasteiger partial charge >= 0.3 is 0 Å². The fourth-order valence-electron chi connectivity index (χ4n) is 3.44. The number of aliphatic hydroxyl groups excluding tert-OH is 1. The summed E-state index contributed by atoms with van der Waals surface area (Å²) < 4.78 is 7.67. The van der Waals surface area contributed by atoms with Crippen LogP contribution in [0.5, 0.6) is 5.75 Å². The molecule has 1 aliphatic heterocycles. The molecule has 0 spiro atoms. The molecule has 26 heavy (non-hydrogen) atoms. The molecule has 0 fully saturated rings. The average molecular weight is 369 g/mol. The van der Waals surface area contributed by atoms with Crippen LogP contribution >= 0.6 is 11.6 Å². The van der Waals surface area contributed by atoms with Crippen LogP contribution in [0.2, 0.25) is 5.02 Å². The molecule has 7 heteroatoms. The Bertz CT molecular complexity index is 1070. The number of aromatic nitrogens is 2. The molecule has 2 atom stereocenters. The highest BCUT2D eigenvalue weighted by Gasteiger charge is 2.44. The first-order valence-corrected chi connectivity index (χ1v) is 8.51. The molecule has 0 radical (unpaired) electrons. The first-order valence-electron chi connectivity index (χ1n) is 8.13. The van der Waals surface area contributed by atoms with Gasteiger partial charge in [-0.2, -0.15) is 5.10 Å². The number of nitrogens with zero attached hydrogens (tertiary/aromatic N) is 3. The lowest BCUT2D eigenvalue weighted by molar-refractivity contribution is -0.0649. The van der Waals surface area contributed by atoms with E-state index in [1.165, 1.54) is 0 Å². The number of aliphatic hydroxyl groups is 1. The van der Waals surface area contributed by atoms with E-state index in [1.54, 1.807) is 35.0 Å². The van der Waals surface area contributed by atoms with E-state index in [-0.39, 0.29) is 0 Å². The second-order valence-electron chi connectivity index (χ2n) is 6.92. The van der Waals surface area contributed by atoms with Gasteiger partial charge in [0.1, 0.15) is 23.5 Å². The number of fused-ring (bicyclic) bond motifs is 2. The molecular formula is C19H17ClN4O2. The van der Waals surface area contributed by atoms with Crippen molar-refractivity contribution in [2.75, 3.05) is 5.73 Å². The molecule has 1 aliphatic rings. The lowest BCUT2D eigenvalue weighted by Crippen LogP contribution is -2.50. The molecular weight excluding hydrogens is 352 g/mol. The van der Waals surface area contributed by atoms with Crippen LogP contribution in [-0.2, 0) is 0 Å². The van der Waals surface area contributed by atoms with Gasteiger partial charge in [-0.25, -0.2) is 4.85 Å². The van der Waals surface area contributed by atoms with E-state index in [0.717, 1.165) is 10.9 Å². The lowest BCUT2D eigenvalue weighted by Gasteiger charge is -2.42. The Hall–Kier alpha value is -2.75. The number of benzene rings is 2. The zero-order chi connectivity index (χ0) is 18.6. The van der Waals surface area contributed by atoms with Crippen LogP contribution in [0.3, 0.4) is 0 Å². The summed E-state index contributed by atoms with van der Waals surface area (Å²) in [5, 5.41) is 16.8. The van der Waals surface area contributed by atoms with Gasteiger partial charge in [0.05, 0.1) is 12.1 Å². The van der Waals surface area contributed by atoms with Crippen LogP contribution in [0.1, 0.15) is 25.5 Å². The van der Waals surface area contributed by atoms with E-state index in [0.29, 0.717) is 27.8 Å². The normalized spacial score (nSPS) is 21.0. The quantitative estimate of drug-likeness (QED) is 0.638. The van der Waals surface area contributed by atoms with Gasteiger partial charge in [0.15, 0.2) is 11.5 Å². The van der Waals surface area contributed by atoms with Crippen LogP contribution in [0.25, 0.3) is 15.7 Å². The van der Waals surface area contributed by atoms with Crippen LogP contribution in [0.4, 0.5) is 11.5 Å². The summed E-state index contributed by atoms with van der Waals surface area (Å²) in [4.78, 5) is 3.49. The van der Waals surface area contributed by atoms with Crippen molar-refractivity contribution in [2.24, 2.45) is 0 Å². The molecule has 2 heterocycles. The van der Waals surface area contributed by atoms with Crippen molar-refractivity contribution >= 4 is 34.0 Å². The Morgan fingerprint density at radius 3 is 2.81 bits per heavy atom. The van der Waals surface area contributed by atoms with Gasteiger partial charge in [-0.15, -0.1) is 0 Å². The zero-order valence-corrected chi connectivity index (χ0v) is 15.0. The molecule has 0 saturated heterocycles. The number of hydrogen-bond donors (Lipinski definition) is 2. The van der Waals surface area contributed by atoms with Crippen LogP contribution in [-0.4, -0.2) is 26.6 Å². The highest BCUT2D eigenvalue weighted by molar-refractivity contribution is 6.31. The largest absolute Gasteiger partial charge is 0.485 e. The van der Waals surface area contributed by atoms with Crippen molar-refractivity contribution in [3.63, 3.8) is 0 Å². The summed E-state index contributed by atoms with van der Waals surface area (Å²) in [6, 6.07) is 9.98. The SMILES string of the molecule is [C-]#[N+]c1ccc2c(c1)[C@@H](n1nc(N)c3cc(Cl)ccc31)[C@H](O)C(C)(C)O2. The van der Waals surface area contributed by atoms with Crippen molar-refractivity contribution in [2.45, 2.75) is 31.6 Å². The summed E-state index contributed by atoms with van der Waals surface area (Å²) in [5.41, 5.74) is 7.18. The number of ether oxygens (including phenoxy) is 1. The minimum absolute atomic E-state index is 0.335. The van der Waals surface area contributed by atoms with Gasteiger partial charge in [-0.05, 0) is 44.2 Å². The fraction of sp³-hybridized carbons (Fsp3) is 0.263. The summed E-state index contributed by atoms with van der Waals surface area (Å²) in [5.74, 6) is 0.954. The third kappa shape index (κ3) is 2.40. The average Bonchev–Trinajstić information content (AvgIpc) is 2.91. The highest BCUT2D eigenvalue weighted by Crippen LogP contribution is 2.44. The van der Waals surface area contributed by atoms with Crippen LogP contribution in [0, 0.1) is 6.57 Å². The highest BCUT2D eigenvalue weighted by atomic mass is 35.5. The van der Waals surface area contributed by atoms with Gasteiger partial charge in [0.25, 0.3) is 0 Å². The van der Waals surface area contributed by atoms with Crippen LogP contribution < -0.4 is 10.5 Å². The fourth-order valence-corrected chi connectivity index (χ4v) is 3.61. The molecule has 0 bridgehead atoms. The second kappa shape index (κ2) is 5.63. The summed E-state index contributed by atoms with van der Waals surface area (Å²) in [6.45, 7) is 10.9. The summed E-state index contributed by atoms with van der Waals surface area (Å²) >= 11 is 6.09. The van der Waals surface area contributed by atoms with Gasteiger partial charge in [0.2, 0.25) is 0 Å². The number of nitrogens with two attached hydrogens (primary N) is 1. The second-order valence-corrected chi connectivity index (χ2v) is 7.36. The summed E-state index contributed by atoms with van der Waals surface area (Å²) in [7, 11) is 0. The van der Waals surface area contributed by atoms with Crippen LogP contribution in [0.15, 0.2) is 36.4 Å². The van der Waals surface area contributed by atoms with Crippen molar-refractivity contribution in [1.82, 2.24) is 9.78 Å². The number of nitrogen functional groups attached to an aromatic ring is 1. The molecule has 6 nitrogen and oxygen atoms in total. The maximum Gasteiger partial charge on any atom is 0.187 e. The van der Waals surface area contributed by atoms with E-state index in [4.69, 9.17) is 28.6 Å². The lowest BCUT2D eigenvalue weighted by atomic mass is 9.86. The smallest absolute Gasteiger partial charge is 0.187 e. The molecule has 2 aromatic carbocycles. The molecule has 3 aromatic rings.